The van der Waals surface area contributed by atoms with E-state index in [0.717, 1.165) is 17.5 Å². The lowest BCUT2D eigenvalue weighted by atomic mass is 10.0. The van der Waals surface area contributed by atoms with Crippen molar-refractivity contribution in [3.8, 4) is 11.3 Å². The average molecular weight is 406 g/mol. The minimum Gasteiger partial charge on any atom is -0.461 e. The molecule has 0 saturated heterocycles. The summed E-state index contributed by atoms with van der Waals surface area (Å²) in [5, 5.41) is 2.64. The van der Waals surface area contributed by atoms with Crippen LogP contribution in [0.1, 0.15) is 34.8 Å². The summed E-state index contributed by atoms with van der Waals surface area (Å²) in [6.07, 6.45) is 2.41. The van der Waals surface area contributed by atoms with Crippen LogP contribution in [0.25, 0.3) is 11.3 Å². The predicted molar refractivity (Wildman–Crippen MR) is 112 cm³/mol. The number of ether oxygens (including phenoxy) is 1. The topological polar surface area (TPSA) is 68.3 Å². The van der Waals surface area contributed by atoms with Crippen molar-refractivity contribution in [2.24, 2.45) is 0 Å². The van der Waals surface area contributed by atoms with Crippen molar-refractivity contribution in [2.45, 2.75) is 26.4 Å². The number of pyridine rings is 1. The normalized spacial score (nSPS) is 10.5. The average Bonchev–Trinajstić information content (AvgIpc) is 2.77. The minimum atomic E-state index is -0.521. The van der Waals surface area contributed by atoms with E-state index in [1.165, 1.54) is 12.1 Å². The molecule has 0 spiro atoms. The Labute approximate surface area is 174 Å². The Balaban J connectivity index is 1.58. The third kappa shape index (κ3) is 5.73. The molecule has 0 unspecified atom stereocenters. The Morgan fingerprint density at radius 3 is 2.63 bits per heavy atom. The van der Waals surface area contributed by atoms with Gasteiger partial charge in [-0.3, -0.25) is 14.6 Å². The smallest absolute Gasteiger partial charge is 0.307 e. The Kier molecular flexibility index (Phi) is 7.27. The van der Waals surface area contributed by atoms with Gasteiger partial charge in [-0.05, 0) is 41.8 Å². The van der Waals surface area contributed by atoms with Gasteiger partial charge < -0.3 is 10.1 Å². The zero-order chi connectivity index (χ0) is 21.3. The highest BCUT2D eigenvalue weighted by Crippen LogP contribution is 2.24. The molecule has 0 bridgehead atoms. The summed E-state index contributed by atoms with van der Waals surface area (Å²) in [5.41, 5.74) is 3.23. The molecule has 1 amide bonds. The molecule has 6 heteroatoms. The van der Waals surface area contributed by atoms with E-state index in [0.29, 0.717) is 11.3 Å². The van der Waals surface area contributed by atoms with Gasteiger partial charge in [-0.1, -0.05) is 43.3 Å². The largest absolute Gasteiger partial charge is 0.461 e. The highest BCUT2D eigenvalue weighted by atomic mass is 19.1. The Morgan fingerprint density at radius 1 is 1.07 bits per heavy atom. The van der Waals surface area contributed by atoms with Crippen molar-refractivity contribution in [3.05, 3.63) is 89.4 Å². The second kappa shape index (κ2) is 10.3. The van der Waals surface area contributed by atoms with E-state index >= 15 is 0 Å². The molecular formula is C24H23FN2O3. The van der Waals surface area contributed by atoms with E-state index in [-0.39, 0.29) is 25.1 Å². The molecule has 1 aromatic heterocycles. The number of aromatic nitrogens is 1. The molecule has 0 radical (unpaired) electrons. The van der Waals surface area contributed by atoms with Crippen LogP contribution >= 0.6 is 0 Å². The maximum atomic E-state index is 14.1. The number of hydrogen-bond donors (Lipinski definition) is 1. The van der Waals surface area contributed by atoms with Crippen molar-refractivity contribution in [3.63, 3.8) is 0 Å². The summed E-state index contributed by atoms with van der Waals surface area (Å²) in [6.45, 7) is 2.27. The first-order valence-electron chi connectivity index (χ1n) is 9.79. The molecule has 0 aliphatic rings. The van der Waals surface area contributed by atoms with Gasteiger partial charge in [0.25, 0.3) is 5.91 Å². The maximum absolute atomic E-state index is 14.1. The van der Waals surface area contributed by atoms with E-state index in [1.807, 2.05) is 49.4 Å². The molecule has 0 aliphatic heterocycles. The molecule has 5 nitrogen and oxygen atoms in total. The lowest BCUT2D eigenvalue weighted by molar-refractivity contribution is -0.144. The van der Waals surface area contributed by atoms with Crippen LogP contribution in [-0.4, -0.2) is 23.4 Å². The van der Waals surface area contributed by atoms with Crippen LogP contribution in [0.15, 0.2) is 66.9 Å². The fraction of sp³-hybridized carbons (Fsp3) is 0.208. The molecule has 0 aliphatic carbocycles. The molecular weight excluding hydrogens is 383 g/mol. The van der Waals surface area contributed by atoms with Gasteiger partial charge in [-0.25, -0.2) is 4.39 Å². The van der Waals surface area contributed by atoms with Crippen molar-refractivity contribution in [2.75, 3.05) is 6.54 Å². The van der Waals surface area contributed by atoms with Crippen molar-refractivity contribution >= 4 is 11.9 Å². The van der Waals surface area contributed by atoms with E-state index in [4.69, 9.17) is 4.74 Å². The quantitative estimate of drug-likeness (QED) is 0.566. The summed E-state index contributed by atoms with van der Waals surface area (Å²) in [5.74, 6) is -1.40. The van der Waals surface area contributed by atoms with Crippen LogP contribution in [-0.2, 0) is 22.6 Å². The van der Waals surface area contributed by atoms with Crippen molar-refractivity contribution in [1.29, 1.82) is 0 Å². The first-order valence-corrected chi connectivity index (χ1v) is 9.79. The van der Waals surface area contributed by atoms with Gasteiger partial charge in [-0.2, -0.15) is 0 Å². The molecule has 1 heterocycles. The van der Waals surface area contributed by atoms with Crippen LogP contribution in [0.5, 0.6) is 0 Å². The molecule has 3 rings (SSSR count). The molecule has 3 aromatic rings. The van der Waals surface area contributed by atoms with Crippen LogP contribution < -0.4 is 5.32 Å². The number of nitrogens with zero attached hydrogens (tertiary/aromatic N) is 1. The molecule has 0 fully saturated rings. The van der Waals surface area contributed by atoms with E-state index in [9.17, 15) is 14.0 Å². The second-order valence-electron chi connectivity index (χ2n) is 6.75. The van der Waals surface area contributed by atoms with Gasteiger partial charge in [0, 0.05) is 23.9 Å². The molecule has 1 N–H and O–H groups in total. The summed E-state index contributed by atoms with van der Waals surface area (Å²) in [4.78, 5) is 28.6. The van der Waals surface area contributed by atoms with Gasteiger partial charge in [0.05, 0.1) is 12.1 Å². The van der Waals surface area contributed by atoms with Gasteiger partial charge in [-0.15, -0.1) is 0 Å². The van der Waals surface area contributed by atoms with Gasteiger partial charge in [0.15, 0.2) is 0 Å². The van der Waals surface area contributed by atoms with Crippen LogP contribution in [0.2, 0.25) is 0 Å². The number of aryl methyl sites for hydroxylation is 1. The second-order valence-corrected chi connectivity index (χ2v) is 6.75. The zero-order valence-corrected chi connectivity index (χ0v) is 16.7. The molecule has 2 aromatic carbocycles. The summed E-state index contributed by atoms with van der Waals surface area (Å²) < 4.78 is 19.3. The van der Waals surface area contributed by atoms with Gasteiger partial charge >= 0.3 is 5.97 Å². The van der Waals surface area contributed by atoms with E-state index in [1.54, 1.807) is 12.3 Å². The van der Waals surface area contributed by atoms with Crippen LogP contribution in [0, 0.1) is 5.82 Å². The third-order valence-electron chi connectivity index (χ3n) is 4.56. The van der Waals surface area contributed by atoms with Crippen LogP contribution in [0.4, 0.5) is 4.39 Å². The number of rotatable bonds is 8. The number of amides is 1. The lowest BCUT2D eigenvalue weighted by Crippen LogP contribution is -2.26. The number of carbonyl (C=O) groups excluding carboxylic acids is 2. The van der Waals surface area contributed by atoms with Crippen LogP contribution in [0.3, 0.4) is 0 Å². The standard InChI is InChI=1S/C24H23FN2O3/c1-2-18-9-6-11-26-23(18)19-13-20(15-21(25)14-19)24(29)27-12-10-22(28)30-16-17-7-4-3-5-8-17/h3-9,11,13-15H,2,10,12,16H2,1H3,(H,27,29). The number of esters is 1. The fourth-order valence-electron chi connectivity index (χ4n) is 3.03. The maximum Gasteiger partial charge on any atom is 0.307 e. The van der Waals surface area contributed by atoms with Crippen molar-refractivity contribution < 1.29 is 18.7 Å². The monoisotopic (exact) mass is 406 g/mol. The zero-order valence-electron chi connectivity index (χ0n) is 16.7. The lowest BCUT2D eigenvalue weighted by Gasteiger charge is -2.10. The molecule has 154 valence electrons. The number of carbonyl (C=O) groups is 2. The van der Waals surface area contributed by atoms with Crippen molar-refractivity contribution in [1.82, 2.24) is 10.3 Å². The SMILES string of the molecule is CCc1cccnc1-c1cc(F)cc(C(=O)NCCC(=O)OCc2ccccc2)c1. The molecule has 0 atom stereocenters. The van der Waals surface area contributed by atoms with Gasteiger partial charge in [0.1, 0.15) is 12.4 Å². The van der Waals surface area contributed by atoms with Gasteiger partial charge in [0.2, 0.25) is 0 Å². The molecule has 30 heavy (non-hydrogen) atoms. The van der Waals surface area contributed by atoms with E-state index in [2.05, 4.69) is 10.3 Å². The number of halogens is 1. The summed E-state index contributed by atoms with van der Waals surface area (Å²) >= 11 is 0. The Morgan fingerprint density at radius 2 is 1.87 bits per heavy atom. The highest BCUT2D eigenvalue weighted by Gasteiger charge is 2.13. The summed E-state index contributed by atoms with van der Waals surface area (Å²) in [6, 6.07) is 17.2. The fourth-order valence-corrected chi connectivity index (χ4v) is 3.03. The molecule has 0 saturated carbocycles. The number of benzene rings is 2. The first-order chi connectivity index (χ1) is 14.6. The van der Waals surface area contributed by atoms with E-state index < -0.39 is 17.7 Å². The predicted octanol–water partition coefficient (Wildman–Crippen LogP) is 4.31. The first kappa shape index (κ1) is 21.2. The number of hydrogen-bond acceptors (Lipinski definition) is 4. The Hall–Kier alpha value is -3.54. The number of nitrogens with one attached hydrogen (secondary N) is 1. The minimum absolute atomic E-state index is 0.0287. The highest BCUT2D eigenvalue weighted by molar-refractivity contribution is 5.95. The Bertz CT molecular complexity index is 1020. The summed E-state index contributed by atoms with van der Waals surface area (Å²) in [7, 11) is 0. The third-order valence-corrected chi connectivity index (χ3v) is 4.56.